The van der Waals surface area contributed by atoms with Crippen molar-refractivity contribution < 1.29 is 4.92 Å². The summed E-state index contributed by atoms with van der Waals surface area (Å²) in [5.41, 5.74) is 1.54. The Hall–Kier alpha value is -2.58. The molecule has 1 fully saturated rings. The molecule has 0 unspecified atom stereocenters. The number of nitrogens with zero attached hydrogens (tertiary/aromatic N) is 5. The predicted octanol–water partition coefficient (Wildman–Crippen LogP) is 2.02. The molecule has 2 aromatic rings. The fraction of sp³-hybridized carbons (Fsp3) is 0.474. The summed E-state index contributed by atoms with van der Waals surface area (Å²) in [6, 6.07) is 8.64. The molecule has 2 heterocycles. The van der Waals surface area contributed by atoms with E-state index in [1.54, 1.807) is 18.2 Å². The monoisotopic (exact) mass is 370 g/mol. The molecule has 144 valence electrons. The second kappa shape index (κ2) is 9.38. The topological polar surface area (TPSA) is 87.4 Å². The Morgan fingerprint density at radius 1 is 1.19 bits per heavy atom. The van der Waals surface area contributed by atoms with Crippen molar-refractivity contribution in [2.75, 3.05) is 51.6 Å². The normalized spacial score (nSPS) is 15.6. The molecule has 0 aliphatic carbocycles. The highest BCUT2D eigenvalue weighted by Gasteiger charge is 2.14. The van der Waals surface area contributed by atoms with Crippen molar-refractivity contribution in [3.8, 4) is 0 Å². The number of piperazine rings is 1. The number of hydrogen-bond donors (Lipinski definition) is 1. The first-order valence-electron chi connectivity index (χ1n) is 9.30. The molecule has 1 saturated heterocycles. The van der Waals surface area contributed by atoms with Gasteiger partial charge in [-0.2, -0.15) is 0 Å². The van der Waals surface area contributed by atoms with Gasteiger partial charge in [0, 0.05) is 56.8 Å². The Balaban J connectivity index is 1.50. The van der Waals surface area contributed by atoms with Crippen LogP contribution in [0.1, 0.15) is 17.7 Å². The van der Waals surface area contributed by atoms with Crippen molar-refractivity contribution in [3.63, 3.8) is 0 Å². The third-order valence-corrected chi connectivity index (χ3v) is 4.84. The largest absolute Gasteiger partial charge is 0.370 e. The highest BCUT2D eigenvalue weighted by molar-refractivity contribution is 5.43. The maximum atomic E-state index is 11.2. The second-order valence-corrected chi connectivity index (χ2v) is 6.88. The van der Waals surface area contributed by atoms with Crippen LogP contribution in [0.5, 0.6) is 0 Å². The Morgan fingerprint density at radius 3 is 2.74 bits per heavy atom. The lowest BCUT2D eigenvalue weighted by molar-refractivity contribution is -0.385. The van der Waals surface area contributed by atoms with Crippen LogP contribution in [0.2, 0.25) is 0 Å². The number of hydrogen-bond acceptors (Lipinski definition) is 7. The van der Waals surface area contributed by atoms with Gasteiger partial charge in [0.25, 0.3) is 5.69 Å². The van der Waals surface area contributed by atoms with Gasteiger partial charge in [0.2, 0.25) is 0 Å². The quantitative estimate of drug-likeness (QED) is 0.432. The number of nitrogens with one attached hydrogen (secondary N) is 1. The van der Waals surface area contributed by atoms with Crippen molar-refractivity contribution in [2.24, 2.45) is 0 Å². The van der Waals surface area contributed by atoms with Gasteiger partial charge >= 0.3 is 0 Å². The van der Waals surface area contributed by atoms with Crippen molar-refractivity contribution in [2.45, 2.75) is 12.8 Å². The van der Waals surface area contributed by atoms with E-state index in [1.807, 2.05) is 6.07 Å². The number of nitro benzene ring substituents is 1. The van der Waals surface area contributed by atoms with Crippen molar-refractivity contribution in [1.29, 1.82) is 0 Å². The molecule has 1 aromatic heterocycles. The smallest absolute Gasteiger partial charge is 0.272 e. The van der Waals surface area contributed by atoms with Crippen molar-refractivity contribution >= 4 is 11.5 Å². The molecule has 1 aliphatic rings. The molecule has 0 spiro atoms. The van der Waals surface area contributed by atoms with E-state index in [9.17, 15) is 10.1 Å². The first-order chi connectivity index (χ1) is 13.1. The average Bonchev–Trinajstić information content (AvgIpc) is 2.67. The minimum absolute atomic E-state index is 0.123. The van der Waals surface area contributed by atoms with Gasteiger partial charge in [0.05, 0.1) is 10.6 Å². The third kappa shape index (κ3) is 5.70. The van der Waals surface area contributed by atoms with E-state index in [-0.39, 0.29) is 10.6 Å². The molecular weight excluding hydrogens is 344 g/mol. The second-order valence-electron chi connectivity index (χ2n) is 6.88. The zero-order valence-corrected chi connectivity index (χ0v) is 15.7. The zero-order chi connectivity index (χ0) is 19.1. The van der Waals surface area contributed by atoms with Crippen LogP contribution >= 0.6 is 0 Å². The van der Waals surface area contributed by atoms with Gasteiger partial charge in [-0.05, 0) is 20.0 Å². The summed E-state index contributed by atoms with van der Waals surface area (Å²) in [7, 11) is 2.16. The van der Waals surface area contributed by atoms with Gasteiger partial charge in [-0.1, -0.05) is 18.2 Å². The fourth-order valence-corrected chi connectivity index (χ4v) is 3.22. The van der Waals surface area contributed by atoms with Gasteiger partial charge in [-0.3, -0.25) is 10.1 Å². The Morgan fingerprint density at radius 2 is 1.96 bits per heavy atom. The number of rotatable bonds is 8. The molecule has 1 aromatic carbocycles. The van der Waals surface area contributed by atoms with Crippen LogP contribution in [-0.2, 0) is 6.42 Å². The predicted molar refractivity (Wildman–Crippen MR) is 105 cm³/mol. The summed E-state index contributed by atoms with van der Waals surface area (Å²) >= 11 is 0. The third-order valence-electron chi connectivity index (χ3n) is 4.84. The average molecular weight is 370 g/mol. The van der Waals surface area contributed by atoms with Crippen molar-refractivity contribution in [3.05, 3.63) is 58.0 Å². The molecule has 0 saturated carbocycles. The fourth-order valence-electron chi connectivity index (χ4n) is 3.22. The lowest BCUT2D eigenvalue weighted by Crippen LogP contribution is -2.44. The Kier molecular flexibility index (Phi) is 6.67. The first-order valence-corrected chi connectivity index (χ1v) is 9.30. The highest BCUT2D eigenvalue weighted by atomic mass is 16.6. The molecule has 0 amide bonds. The van der Waals surface area contributed by atoms with Crippen LogP contribution in [0.3, 0.4) is 0 Å². The Labute approximate surface area is 159 Å². The number of likely N-dealkylation sites (N-methyl/N-ethyl adjacent to an activating group) is 1. The first kappa shape index (κ1) is 19.2. The summed E-state index contributed by atoms with van der Waals surface area (Å²) in [5.74, 6) is 0.761. The van der Waals surface area contributed by atoms with Gasteiger partial charge in [0.15, 0.2) is 0 Å². The summed E-state index contributed by atoms with van der Waals surface area (Å²) in [6.07, 6.45) is 2.97. The maximum Gasteiger partial charge on any atom is 0.272 e. The molecule has 0 bridgehead atoms. The van der Waals surface area contributed by atoms with Gasteiger partial charge in [-0.25, -0.2) is 9.97 Å². The van der Waals surface area contributed by atoms with E-state index < -0.39 is 0 Å². The van der Waals surface area contributed by atoms with Gasteiger partial charge in [-0.15, -0.1) is 0 Å². The summed E-state index contributed by atoms with van der Waals surface area (Å²) in [5, 5.41) is 14.5. The summed E-state index contributed by atoms with van der Waals surface area (Å²) < 4.78 is 0. The standard InChI is InChI=1S/C19H26N6O2/c1-23-9-11-24(12-10-23)8-4-7-20-19-14-17(21-15-22-19)13-16-5-2-3-6-18(16)25(26)27/h2-3,5-6,14-15H,4,7-13H2,1H3,(H,20,21,22). The minimum Gasteiger partial charge on any atom is -0.370 e. The van der Waals surface area contributed by atoms with Crippen molar-refractivity contribution in [1.82, 2.24) is 19.8 Å². The molecule has 8 nitrogen and oxygen atoms in total. The summed E-state index contributed by atoms with van der Waals surface area (Å²) in [6.45, 7) is 6.44. The molecule has 0 radical (unpaired) electrons. The molecule has 1 N–H and O–H groups in total. The molecule has 0 atom stereocenters. The Bertz CT molecular complexity index is 761. The number of benzene rings is 1. The lowest BCUT2D eigenvalue weighted by atomic mass is 10.1. The summed E-state index contributed by atoms with van der Waals surface area (Å²) in [4.78, 5) is 24.2. The van der Waals surface area contributed by atoms with E-state index in [0.29, 0.717) is 12.0 Å². The van der Waals surface area contributed by atoms with Crippen LogP contribution in [0, 0.1) is 10.1 Å². The number of nitro groups is 1. The molecule has 3 rings (SSSR count). The van der Waals surface area contributed by atoms with Crippen LogP contribution in [0.4, 0.5) is 11.5 Å². The van der Waals surface area contributed by atoms with Crippen LogP contribution < -0.4 is 5.32 Å². The van der Waals surface area contributed by atoms with E-state index in [2.05, 4.69) is 32.1 Å². The van der Waals surface area contributed by atoms with E-state index in [1.165, 1.54) is 12.4 Å². The SMILES string of the molecule is CN1CCN(CCCNc2cc(Cc3ccccc3[N+](=O)[O-])ncn2)CC1. The lowest BCUT2D eigenvalue weighted by Gasteiger charge is -2.32. The van der Waals surface area contributed by atoms with E-state index >= 15 is 0 Å². The van der Waals surface area contributed by atoms with Gasteiger partial charge < -0.3 is 15.1 Å². The van der Waals surface area contributed by atoms with Crippen LogP contribution in [-0.4, -0.2) is 71.0 Å². The zero-order valence-electron chi connectivity index (χ0n) is 15.7. The minimum atomic E-state index is -0.353. The highest BCUT2D eigenvalue weighted by Crippen LogP contribution is 2.20. The van der Waals surface area contributed by atoms with Gasteiger partial charge in [0.1, 0.15) is 12.1 Å². The number of para-hydroxylation sites is 1. The molecule has 27 heavy (non-hydrogen) atoms. The van der Waals surface area contributed by atoms with E-state index in [4.69, 9.17) is 0 Å². The van der Waals surface area contributed by atoms with E-state index in [0.717, 1.165) is 57.2 Å². The molecule has 1 aliphatic heterocycles. The maximum absolute atomic E-state index is 11.2. The molecular formula is C19H26N6O2. The number of anilines is 1. The van der Waals surface area contributed by atoms with Crippen LogP contribution in [0.15, 0.2) is 36.7 Å². The molecule has 8 heteroatoms. The number of aromatic nitrogens is 2. The van der Waals surface area contributed by atoms with Crippen LogP contribution in [0.25, 0.3) is 0 Å².